The van der Waals surface area contributed by atoms with E-state index in [-0.39, 0.29) is 10.9 Å². The molecule has 1 aliphatic heterocycles. The molecule has 7 nitrogen and oxygen atoms in total. The fourth-order valence-electron chi connectivity index (χ4n) is 4.95. The zero-order valence-corrected chi connectivity index (χ0v) is 26.3. The van der Waals surface area contributed by atoms with Gasteiger partial charge in [0.2, 0.25) is 11.7 Å². The third-order valence-corrected chi connectivity index (χ3v) is 12.9. The highest BCUT2D eigenvalue weighted by atomic mass is 28.4. The van der Waals surface area contributed by atoms with Crippen LogP contribution in [0.2, 0.25) is 18.1 Å². The van der Waals surface area contributed by atoms with Gasteiger partial charge in [0.15, 0.2) is 19.8 Å². The Kier molecular flexibility index (Phi) is 9.99. The van der Waals surface area contributed by atoms with Crippen molar-refractivity contribution in [3.8, 4) is 23.0 Å². The van der Waals surface area contributed by atoms with E-state index >= 15 is 0 Å². The molecule has 0 spiro atoms. The molecule has 0 aliphatic carbocycles. The van der Waals surface area contributed by atoms with Gasteiger partial charge in [0, 0.05) is 19.7 Å². The van der Waals surface area contributed by atoms with Crippen LogP contribution in [0.5, 0.6) is 23.0 Å². The molecule has 1 aliphatic rings. The van der Waals surface area contributed by atoms with Crippen molar-refractivity contribution in [1.29, 1.82) is 0 Å². The second kappa shape index (κ2) is 12.6. The first-order valence-corrected chi connectivity index (χ1v) is 16.7. The largest absolute Gasteiger partial charge is 0.494 e. The van der Waals surface area contributed by atoms with Crippen molar-refractivity contribution in [1.82, 2.24) is 4.90 Å². The van der Waals surface area contributed by atoms with E-state index in [9.17, 15) is 4.79 Å². The minimum Gasteiger partial charge on any atom is -0.494 e. The third kappa shape index (κ3) is 7.08. The Balaban J connectivity index is 1.85. The molecule has 1 fully saturated rings. The Morgan fingerprint density at radius 3 is 2.08 bits per heavy atom. The van der Waals surface area contributed by atoms with Gasteiger partial charge in [-0.25, -0.2) is 0 Å². The molecule has 216 valence electrons. The van der Waals surface area contributed by atoms with Crippen LogP contribution in [0.15, 0.2) is 36.4 Å². The normalized spacial score (nSPS) is 17.9. The van der Waals surface area contributed by atoms with Gasteiger partial charge in [-0.1, -0.05) is 32.9 Å². The number of hydrogen-bond donors (Lipinski definition) is 0. The number of amides is 1. The highest BCUT2D eigenvalue weighted by Gasteiger charge is 2.47. The molecule has 0 N–H and O–H groups in total. The number of carbonyl (C=O) groups is 1. The summed E-state index contributed by atoms with van der Waals surface area (Å²) >= 11 is 0. The topological polar surface area (TPSA) is 66.5 Å². The van der Waals surface area contributed by atoms with Gasteiger partial charge >= 0.3 is 0 Å². The summed E-state index contributed by atoms with van der Waals surface area (Å²) in [5.41, 5.74) is 1.55. The van der Waals surface area contributed by atoms with Crippen molar-refractivity contribution >= 4 is 14.2 Å². The summed E-state index contributed by atoms with van der Waals surface area (Å²) in [6, 6.07) is 12.0. The minimum absolute atomic E-state index is 0.119. The van der Waals surface area contributed by atoms with Gasteiger partial charge in [-0.15, -0.1) is 0 Å². The second-order valence-electron chi connectivity index (χ2n) is 11.9. The predicted molar refractivity (Wildman–Crippen MR) is 158 cm³/mol. The molecule has 2 aromatic rings. The van der Waals surface area contributed by atoms with Crippen molar-refractivity contribution in [2.45, 2.75) is 71.6 Å². The predicted octanol–water partition coefficient (Wildman–Crippen LogP) is 6.48. The van der Waals surface area contributed by atoms with E-state index in [2.05, 4.69) is 46.0 Å². The van der Waals surface area contributed by atoms with Gasteiger partial charge < -0.3 is 28.3 Å². The molecular formula is C31H47NO6Si. The van der Waals surface area contributed by atoms with E-state index in [1.807, 2.05) is 36.1 Å². The van der Waals surface area contributed by atoms with Crippen LogP contribution in [0.1, 0.15) is 51.7 Å². The number of rotatable bonds is 13. The first kappa shape index (κ1) is 30.8. The van der Waals surface area contributed by atoms with Crippen LogP contribution in [0.3, 0.4) is 0 Å². The maximum absolute atomic E-state index is 14.2. The average Bonchev–Trinajstić information content (AvgIpc) is 3.18. The third-order valence-electron chi connectivity index (χ3n) is 8.33. The Morgan fingerprint density at radius 1 is 0.949 bits per heavy atom. The van der Waals surface area contributed by atoms with Crippen molar-refractivity contribution in [2.24, 2.45) is 5.41 Å². The van der Waals surface area contributed by atoms with E-state index < -0.39 is 13.7 Å². The monoisotopic (exact) mass is 557 g/mol. The summed E-state index contributed by atoms with van der Waals surface area (Å²) in [5.74, 6) is 2.73. The van der Waals surface area contributed by atoms with E-state index in [0.717, 1.165) is 23.3 Å². The Morgan fingerprint density at radius 2 is 1.56 bits per heavy atom. The fourth-order valence-corrected chi connectivity index (χ4v) is 6.00. The van der Waals surface area contributed by atoms with Crippen molar-refractivity contribution in [3.63, 3.8) is 0 Å². The maximum Gasteiger partial charge on any atom is 0.229 e. The molecule has 1 amide bonds. The smallest absolute Gasteiger partial charge is 0.229 e. The molecule has 39 heavy (non-hydrogen) atoms. The summed E-state index contributed by atoms with van der Waals surface area (Å²) < 4.78 is 28.7. The van der Waals surface area contributed by atoms with Gasteiger partial charge in [0.05, 0.1) is 33.4 Å². The highest BCUT2D eigenvalue weighted by Crippen LogP contribution is 2.43. The molecule has 2 aromatic carbocycles. The quantitative estimate of drug-likeness (QED) is 0.263. The van der Waals surface area contributed by atoms with E-state index in [4.69, 9.17) is 23.4 Å². The molecular weight excluding hydrogens is 510 g/mol. The van der Waals surface area contributed by atoms with Gasteiger partial charge in [0.1, 0.15) is 5.75 Å². The van der Waals surface area contributed by atoms with Crippen molar-refractivity contribution in [2.75, 3.05) is 41.1 Å². The van der Waals surface area contributed by atoms with E-state index in [0.29, 0.717) is 56.4 Å². The number of hydrogen-bond acceptors (Lipinski definition) is 6. The van der Waals surface area contributed by atoms with Crippen molar-refractivity contribution in [3.05, 3.63) is 47.5 Å². The molecule has 0 aromatic heterocycles. The SMILES string of the molecule is CCOc1ccc(CC2(CCO[Si](C)(C)C(C)(C)C)CCN(Cc3cc(OC)c(OC)c(OC)c3)C2=O)cc1. The average molecular weight is 558 g/mol. The van der Waals surface area contributed by atoms with Crippen molar-refractivity contribution < 1.29 is 28.2 Å². The number of likely N-dealkylation sites (tertiary alicyclic amines) is 1. The first-order chi connectivity index (χ1) is 18.4. The summed E-state index contributed by atoms with van der Waals surface area (Å²) in [6.45, 7) is 15.6. The van der Waals surface area contributed by atoms with Crippen LogP contribution >= 0.6 is 0 Å². The zero-order valence-electron chi connectivity index (χ0n) is 25.3. The number of ether oxygens (including phenoxy) is 4. The number of benzene rings is 2. The first-order valence-electron chi connectivity index (χ1n) is 13.8. The van der Waals surface area contributed by atoms with Crippen LogP contribution in [0.4, 0.5) is 0 Å². The number of nitrogens with zero attached hydrogens (tertiary/aromatic N) is 1. The molecule has 0 bridgehead atoms. The number of methoxy groups -OCH3 is 3. The molecule has 3 rings (SSSR count). The Labute approximate surface area is 235 Å². The van der Waals surface area contributed by atoms with Crippen LogP contribution in [-0.4, -0.2) is 60.2 Å². The fraction of sp³-hybridized carbons (Fsp3) is 0.581. The standard InChI is InChI=1S/C31H47NO6Si/c1-10-37-25-13-11-23(12-14-25)21-31(16-18-38-39(8,9)30(2,3)4)15-17-32(29(31)33)22-24-19-26(34-5)28(36-7)27(20-24)35-6/h11-14,19-20H,10,15-18,21-22H2,1-9H3. The lowest BCUT2D eigenvalue weighted by Crippen LogP contribution is -2.43. The van der Waals surface area contributed by atoms with Gasteiger partial charge in [-0.05, 0) is 79.7 Å². The van der Waals surface area contributed by atoms with E-state index in [1.54, 1.807) is 21.3 Å². The Hall–Kier alpha value is -2.71. The lowest BCUT2D eigenvalue weighted by molar-refractivity contribution is -0.137. The summed E-state index contributed by atoms with van der Waals surface area (Å²) in [4.78, 5) is 16.1. The summed E-state index contributed by atoms with van der Waals surface area (Å²) in [5, 5.41) is 0.119. The molecule has 1 atom stereocenters. The molecule has 8 heteroatoms. The second-order valence-corrected chi connectivity index (χ2v) is 16.7. The van der Waals surface area contributed by atoms with Gasteiger partial charge in [-0.2, -0.15) is 0 Å². The highest BCUT2D eigenvalue weighted by molar-refractivity contribution is 6.74. The number of carbonyl (C=O) groups excluding carboxylic acids is 1. The van der Waals surface area contributed by atoms with Gasteiger partial charge in [-0.3, -0.25) is 4.79 Å². The molecule has 0 radical (unpaired) electrons. The summed E-state index contributed by atoms with van der Waals surface area (Å²) in [6.07, 6.45) is 2.15. The Bertz CT molecular complexity index is 1090. The minimum atomic E-state index is -1.93. The molecule has 1 heterocycles. The van der Waals surface area contributed by atoms with Crippen LogP contribution < -0.4 is 18.9 Å². The van der Waals surface area contributed by atoms with Gasteiger partial charge in [0.25, 0.3) is 0 Å². The lowest BCUT2D eigenvalue weighted by atomic mass is 9.77. The maximum atomic E-state index is 14.2. The lowest BCUT2D eigenvalue weighted by Gasteiger charge is -2.37. The van der Waals surface area contributed by atoms with Crippen LogP contribution in [-0.2, 0) is 22.2 Å². The van der Waals surface area contributed by atoms with Crippen LogP contribution in [0.25, 0.3) is 0 Å². The zero-order chi connectivity index (χ0) is 28.8. The molecule has 1 saturated heterocycles. The molecule has 1 unspecified atom stereocenters. The summed E-state index contributed by atoms with van der Waals surface area (Å²) in [7, 11) is 2.87. The molecule has 0 saturated carbocycles. The van der Waals surface area contributed by atoms with E-state index in [1.165, 1.54) is 0 Å². The van der Waals surface area contributed by atoms with Crippen LogP contribution in [0, 0.1) is 5.41 Å².